The molecule has 0 fully saturated rings. The summed E-state index contributed by atoms with van der Waals surface area (Å²) in [5, 5.41) is 3.82. The number of benzene rings is 1. The Labute approximate surface area is 131 Å². The zero-order valence-corrected chi connectivity index (χ0v) is 13.1. The lowest BCUT2D eigenvalue weighted by Crippen LogP contribution is -2.16. The minimum absolute atomic E-state index is 0.198. The van der Waals surface area contributed by atoms with Crippen LogP contribution in [0.2, 0.25) is 0 Å². The van der Waals surface area contributed by atoms with Crippen molar-refractivity contribution in [1.82, 2.24) is 0 Å². The lowest BCUT2D eigenvalue weighted by molar-refractivity contribution is -0.137. The Morgan fingerprint density at radius 2 is 2.00 bits per heavy atom. The maximum absolute atomic E-state index is 13.0. The minimum Gasteiger partial charge on any atom is -0.398 e. The van der Waals surface area contributed by atoms with Gasteiger partial charge in [-0.3, -0.25) is 0 Å². The van der Waals surface area contributed by atoms with Gasteiger partial charge in [0.25, 0.3) is 0 Å². The van der Waals surface area contributed by atoms with Gasteiger partial charge in [0.1, 0.15) is 0 Å². The fourth-order valence-corrected chi connectivity index (χ4v) is 3.22. The molecule has 0 amide bonds. The molecule has 0 aliphatic heterocycles. The number of hydrogen-bond donors (Lipinski definition) is 2. The van der Waals surface area contributed by atoms with Gasteiger partial charge in [-0.2, -0.15) is 24.5 Å². The van der Waals surface area contributed by atoms with E-state index in [0.29, 0.717) is 18.4 Å². The average molecular weight is 328 g/mol. The number of nitrogens with two attached hydrogens (primary N) is 2. The van der Waals surface area contributed by atoms with Crippen molar-refractivity contribution in [3.8, 4) is 0 Å². The number of alkyl halides is 3. The van der Waals surface area contributed by atoms with Gasteiger partial charge in [0.2, 0.25) is 0 Å². The maximum atomic E-state index is 13.0. The highest BCUT2D eigenvalue weighted by Gasteiger charge is 2.32. The smallest absolute Gasteiger partial charge is 0.398 e. The van der Waals surface area contributed by atoms with Gasteiger partial charge in [0.05, 0.1) is 5.56 Å². The van der Waals surface area contributed by atoms with Crippen molar-refractivity contribution in [1.29, 1.82) is 0 Å². The highest BCUT2D eigenvalue weighted by molar-refractivity contribution is 7.07. The molecule has 0 radical (unpaired) electrons. The van der Waals surface area contributed by atoms with E-state index in [0.717, 1.165) is 23.6 Å². The van der Waals surface area contributed by atoms with Crippen LogP contribution in [0.5, 0.6) is 0 Å². The fourth-order valence-electron chi connectivity index (χ4n) is 2.50. The molecule has 0 aliphatic carbocycles. The molecule has 2 nitrogen and oxygen atoms in total. The summed E-state index contributed by atoms with van der Waals surface area (Å²) in [6.45, 7) is 1.97. The van der Waals surface area contributed by atoms with Crippen LogP contribution in [0.4, 0.5) is 18.9 Å². The molecule has 4 N–H and O–H groups in total. The van der Waals surface area contributed by atoms with E-state index in [-0.39, 0.29) is 11.7 Å². The largest absolute Gasteiger partial charge is 0.416 e. The molecule has 0 aliphatic rings. The van der Waals surface area contributed by atoms with E-state index in [2.05, 4.69) is 0 Å². The third kappa shape index (κ3) is 3.81. The molecule has 1 heterocycles. The average Bonchev–Trinajstić information content (AvgIpc) is 2.95. The maximum Gasteiger partial charge on any atom is 0.416 e. The first-order valence-electron chi connectivity index (χ1n) is 7.09. The summed E-state index contributed by atoms with van der Waals surface area (Å²) >= 11 is 1.52. The van der Waals surface area contributed by atoms with Crippen molar-refractivity contribution in [2.24, 2.45) is 5.73 Å². The van der Waals surface area contributed by atoms with Gasteiger partial charge in [-0.05, 0) is 58.5 Å². The summed E-state index contributed by atoms with van der Waals surface area (Å²) in [5.41, 5.74) is 13.8. The molecule has 1 unspecified atom stereocenters. The van der Waals surface area contributed by atoms with Crippen LogP contribution in [-0.4, -0.2) is 0 Å². The van der Waals surface area contributed by atoms with E-state index in [9.17, 15) is 13.2 Å². The van der Waals surface area contributed by atoms with Crippen molar-refractivity contribution in [2.45, 2.75) is 38.4 Å². The summed E-state index contributed by atoms with van der Waals surface area (Å²) in [6.07, 6.45) is -2.59. The zero-order valence-electron chi connectivity index (χ0n) is 12.3. The number of anilines is 1. The van der Waals surface area contributed by atoms with Crippen molar-refractivity contribution >= 4 is 17.0 Å². The molecule has 0 spiro atoms. The molecule has 1 aromatic heterocycles. The summed E-state index contributed by atoms with van der Waals surface area (Å²) in [6, 6.07) is 3.77. The number of thiophene rings is 1. The van der Waals surface area contributed by atoms with Crippen LogP contribution < -0.4 is 11.5 Å². The van der Waals surface area contributed by atoms with Crippen LogP contribution in [0.15, 0.2) is 29.0 Å². The number of nitrogen functional groups attached to an aromatic ring is 1. The van der Waals surface area contributed by atoms with Gasteiger partial charge < -0.3 is 11.5 Å². The molecular formula is C16H19F3N2S. The summed E-state index contributed by atoms with van der Waals surface area (Å²) in [4.78, 5) is 0. The number of hydrogen-bond acceptors (Lipinski definition) is 3. The topological polar surface area (TPSA) is 52.0 Å². The van der Waals surface area contributed by atoms with Gasteiger partial charge in [0.15, 0.2) is 0 Å². The standard InChI is InChI=1S/C16H19F3N2S/c1-2-3-13-11(7-14(20)10-4-5-22-9-10)6-12(8-15(13)21)16(17,18)19/h4-6,8-9,14H,2-3,7,20-21H2,1H3. The van der Waals surface area contributed by atoms with Crippen molar-refractivity contribution in [3.05, 3.63) is 51.2 Å². The second-order valence-electron chi connectivity index (χ2n) is 5.32. The van der Waals surface area contributed by atoms with Gasteiger partial charge in [0, 0.05) is 11.7 Å². The van der Waals surface area contributed by atoms with Crippen LogP contribution in [0, 0.1) is 0 Å². The Kier molecular flexibility index (Phi) is 5.13. The second-order valence-corrected chi connectivity index (χ2v) is 6.10. The molecule has 0 saturated carbocycles. The first-order chi connectivity index (χ1) is 10.3. The lowest BCUT2D eigenvalue weighted by atomic mass is 9.92. The van der Waals surface area contributed by atoms with E-state index in [1.54, 1.807) is 0 Å². The Morgan fingerprint density at radius 3 is 2.55 bits per heavy atom. The third-order valence-electron chi connectivity index (χ3n) is 3.62. The van der Waals surface area contributed by atoms with Crippen LogP contribution in [0.1, 0.15) is 41.6 Å². The fraction of sp³-hybridized carbons (Fsp3) is 0.375. The van der Waals surface area contributed by atoms with Gasteiger partial charge in [-0.25, -0.2) is 0 Å². The Morgan fingerprint density at radius 1 is 1.27 bits per heavy atom. The third-order valence-corrected chi connectivity index (χ3v) is 4.32. The molecule has 1 atom stereocenters. The van der Waals surface area contributed by atoms with Crippen molar-refractivity contribution < 1.29 is 13.2 Å². The van der Waals surface area contributed by atoms with E-state index in [4.69, 9.17) is 11.5 Å². The molecule has 22 heavy (non-hydrogen) atoms. The highest BCUT2D eigenvalue weighted by Crippen LogP contribution is 2.35. The summed E-state index contributed by atoms with van der Waals surface area (Å²) in [5.74, 6) is 0. The molecule has 120 valence electrons. The molecule has 2 aromatic rings. The number of rotatable bonds is 5. The SMILES string of the molecule is CCCc1c(N)cc(C(F)(F)F)cc1CC(N)c1ccsc1. The van der Waals surface area contributed by atoms with E-state index >= 15 is 0 Å². The first-order valence-corrected chi connectivity index (χ1v) is 8.03. The van der Waals surface area contributed by atoms with E-state index in [1.165, 1.54) is 17.4 Å². The normalized spacial score (nSPS) is 13.3. The monoisotopic (exact) mass is 328 g/mol. The predicted molar refractivity (Wildman–Crippen MR) is 84.8 cm³/mol. The lowest BCUT2D eigenvalue weighted by Gasteiger charge is -2.18. The molecule has 0 saturated heterocycles. The van der Waals surface area contributed by atoms with Gasteiger partial charge >= 0.3 is 6.18 Å². The minimum atomic E-state index is -4.40. The molecule has 0 bridgehead atoms. The first kappa shape index (κ1) is 16.8. The zero-order chi connectivity index (χ0) is 16.3. The summed E-state index contributed by atoms with van der Waals surface area (Å²) in [7, 11) is 0. The Bertz CT molecular complexity index is 621. The van der Waals surface area contributed by atoms with Crippen molar-refractivity contribution in [3.63, 3.8) is 0 Å². The summed E-state index contributed by atoms with van der Waals surface area (Å²) < 4.78 is 39.0. The van der Waals surface area contributed by atoms with E-state index < -0.39 is 11.7 Å². The second kappa shape index (κ2) is 6.71. The molecule has 1 aromatic carbocycles. The van der Waals surface area contributed by atoms with Gasteiger partial charge in [-0.15, -0.1) is 0 Å². The molecule has 2 rings (SSSR count). The van der Waals surface area contributed by atoms with Crippen LogP contribution in [-0.2, 0) is 19.0 Å². The van der Waals surface area contributed by atoms with E-state index in [1.807, 2.05) is 23.8 Å². The molecular weight excluding hydrogens is 309 g/mol. The highest BCUT2D eigenvalue weighted by atomic mass is 32.1. The number of halogens is 3. The molecule has 6 heteroatoms. The Balaban J connectivity index is 2.40. The van der Waals surface area contributed by atoms with Crippen LogP contribution in [0.3, 0.4) is 0 Å². The Hall–Kier alpha value is -1.53. The quantitative estimate of drug-likeness (QED) is 0.792. The van der Waals surface area contributed by atoms with Crippen LogP contribution in [0.25, 0.3) is 0 Å². The van der Waals surface area contributed by atoms with Gasteiger partial charge in [-0.1, -0.05) is 13.3 Å². The predicted octanol–water partition coefficient (Wildman–Crippen LogP) is 4.54. The van der Waals surface area contributed by atoms with Crippen LogP contribution >= 0.6 is 11.3 Å². The van der Waals surface area contributed by atoms with Crippen molar-refractivity contribution in [2.75, 3.05) is 5.73 Å².